The Morgan fingerprint density at radius 1 is 1.17 bits per heavy atom. The second-order valence-corrected chi connectivity index (χ2v) is 3.98. The van der Waals surface area contributed by atoms with Crippen molar-refractivity contribution < 1.29 is 29.6 Å². The van der Waals surface area contributed by atoms with E-state index in [2.05, 4.69) is 0 Å². The molecule has 2 rings (SSSR count). The van der Waals surface area contributed by atoms with E-state index < -0.39 is 18.2 Å². The van der Waals surface area contributed by atoms with Gasteiger partial charge in [-0.05, 0) is 17.7 Å². The fraction of sp³-hybridized carbons (Fsp3) is 0.417. The molecule has 0 saturated heterocycles. The number of benzene rings is 1. The number of carboxylic acid groups (broad SMARTS) is 1. The summed E-state index contributed by atoms with van der Waals surface area (Å²) in [7, 11) is 0. The molecule has 1 aromatic carbocycles. The van der Waals surface area contributed by atoms with Gasteiger partial charge in [-0.1, -0.05) is 6.07 Å². The summed E-state index contributed by atoms with van der Waals surface area (Å²) in [5.74, 6) is -0.482. The zero-order valence-electron chi connectivity index (χ0n) is 9.57. The van der Waals surface area contributed by atoms with Gasteiger partial charge in [-0.3, -0.25) is 0 Å². The predicted octanol–water partition coefficient (Wildman–Crippen LogP) is 0.327. The van der Waals surface area contributed by atoms with Crippen LogP contribution in [0.2, 0.25) is 0 Å². The summed E-state index contributed by atoms with van der Waals surface area (Å²) < 4.78 is 10.8. The molecule has 98 valence electrons. The summed E-state index contributed by atoms with van der Waals surface area (Å²) >= 11 is 0. The molecule has 0 spiro atoms. The fourth-order valence-electron chi connectivity index (χ4n) is 1.68. The lowest BCUT2D eigenvalue weighted by Gasteiger charge is -2.16. The number of carbonyl (C=O) groups is 1. The summed E-state index contributed by atoms with van der Waals surface area (Å²) in [5, 5.41) is 27.6. The third-order valence-corrected chi connectivity index (χ3v) is 2.67. The number of hydrogen-bond acceptors (Lipinski definition) is 5. The number of aliphatic carboxylic acids is 1. The highest BCUT2D eigenvalue weighted by atomic mass is 16.5. The van der Waals surface area contributed by atoms with E-state index in [1.807, 2.05) is 0 Å². The van der Waals surface area contributed by atoms with Crippen LogP contribution in [0.5, 0.6) is 11.5 Å². The second-order valence-electron chi connectivity index (χ2n) is 3.98. The Balaban J connectivity index is 2.25. The second kappa shape index (κ2) is 5.24. The van der Waals surface area contributed by atoms with E-state index in [-0.39, 0.29) is 5.56 Å². The highest BCUT2D eigenvalue weighted by Crippen LogP contribution is 2.33. The van der Waals surface area contributed by atoms with Gasteiger partial charge in [-0.2, -0.15) is 0 Å². The van der Waals surface area contributed by atoms with Crippen LogP contribution < -0.4 is 9.47 Å². The highest BCUT2D eigenvalue weighted by molar-refractivity contribution is 5.73. The van der Waals surface area contributed by atoms with Gasteiger partial charge in [0.15, 0.2) is 17.6 Å². The molecule has 0 saturated carbocycles. The van der Waals surface area contributed by atoms with Crippen LogP contribution in [0.1, 0.15) is 18.1 Å². The molecule has 2 unspecified atom stereocenters. The predicted molar refractivity (Wildman–Crippen MR) is 60.7 cm³/mol. The normalized spacial score (nSPS) is 17.7. The quantitative estimate of drug-likeness (QED) is 0.719. The van der Waals surface area contributed by atoms with Gasteiger partial charge >= 0.3 is 5.97 Å². The van der Waals surface area contributed by atoms with Crippen LogP contribution in [0.15, 0.2) is 18.2 Å². The molecule has 18 heavy (non-hydrogen) atoms. The zero-order chi connectivity index (χ0) is 13.1. The minimum absolute atomic E-state index is 0.272. The van der Waals surface area contributed by atoms with E-state index >= 15 is 0 Å². The maximum Gasteiger partial charge on any atom is 0.335 e. The van der Waals surface area contributed by atoms with Gasteiger partial charge in [0.2, 0.25) is 0 Å². The number of hydrogen-bond donors (Lipinski definition) is 3. The van der Waals surface area contributed by atoms with Crippen LogP contribution in [-0.2, 0) is 4.79 Å². The third kappa shape index (κ3) is 2.55. The van der Waals surface area contributed by atoms with Crippen molar-refractivity contribution in [3.8, 4) is 11.5 Å². The van der Waals surface area contributed by atoms with Crippen molar-refractivity contribution in [2.24, 2.45) is 0 Å². The minimum Gasteiger partial charge on any atom is -0.490 e. The van der Waals surface area contributed by atoms with Gasteiger partial charge in [0.25, 0.3) is 0 Å². The maximum atomic E-state index is 10.6. The standard InChI is InChI=1S/C12H14O6/c13-10(11(14)12(15)16)7-2-3-8-9(6-7)18-5-1-4-17-8/h2-3,6,10-11,13-14H,1,4-5H2,(H,15,16). The molecular formula is C12H14O6. The Morgan fingerprint density at radius 2 is 1.83 bits per heavy atom. The molecular weight excluding hydrogens is 240 g/mol. The molecule has 6 nitrogen and oxygen atoms in total. The number of rotatable bonds is 3. The van der Waals surface area contributed by atoms with Crippen LogP contribution in [-0.4, -0.2) is 40.6 Å². The van der Waals surface area contributed by atoms with Gasteiger partial charge in [0.1, 0.15) is 6.10 Å². The Morgan fingerprint density at radius 3 is 2.50 bits per heavy atom. The molecule has 2 atom stereocenters. The fourth-order valence-corrected chi connectivity index (χ4v) is 1.68. The molecule has 1 heterocycles. The lowest BCUT2D eigenvalue weighted by molar-refractivity contribution is -0.153. The lowest BCUT2D eigenvalue weighted by atomic mass is 10.0. The molecule has 0 fully saturated rings. The first-order valence-electron chi connectivity index (χ1n) is 5.58. The first-order chi connectivity index (χ1) is 8.59. The summed E-state index contributed by atoms with van der Waals surface area (Å²) in [6.45, 7) is 1.04. The van der Waals surface area contributed by atoms with E-state index in [0.29, 0.717) is 24.7 Å². The van der Waals surface area contributed by atoms with Crippen LogP contribution >= 0.6 is 0 Å². The molecule has 0 amide bonds. The summed E-state index contributed by atoms with van der Waals surface area (Å²) in [4.78, 5) is 10.6. The van der Waals surface area contributed by atoms with Gasteiger partial charge in [-0.15, -0.1) is 0 Å². The first kappa shape index (κ1) is 12.7. The molecule has 0 radical (unpaired) electrons. The SMILES string of the molecule is O=C(O)C(O)C(O)c1ccc2c(c1)OCCCO2. The van der Waals surface area contributed by atoms with Crippen molar-refractivity contribution in [3.05, 3.63) is 23.8 Å². The van der Waals surface area contributed by atoms with E-state index in [0.717, 1.165) is 6.42 Å². The van der Waals surface area contributed by atoms with Gasteiger partial charge < -0.3 is 24.8 Å². The van der Waals surface area contributed by atoms with Gasteiger partial charge in [0, 0.05) is 6.42 Å². The van der Waals surface area contributed by atoms with Crippen molar-refractivity contribution in [1.29, 1.82) is 0 Å². The minimum atomic E-state index is -1.87. The first-order valence-corrected chi connectivity index (χ1v) is 5.58. The lowest BCUT2D eigenvalue weighted by Crippen LogP contribution is -2.27. The van der Waals surface area contributed by atoms with E-state index in [9.17, 15) is 15.0 Å². The molecule has 0 aromatic heterocycles. The number of carboxylic acids is 1. The van der Waals surface area contributed by atoms with Crippen molar-refractivity contribution in [2.75, 3.05) is 13.2 Å². The van der Waals surface area contributed by atoms with E-state index in [4.69, 9.17) is 14.6 Å². The Hall–Kier alpha value is -1.79. The average molecular weight is 254 g/mol. The summed E-state index contributed by atoms with van der Waals surface area (Å²) in [6.07, 6.45) is -2.61. The Labute approximate surface area is 103 Å². The van der Waals surface area contributed by atoms with E-state index in [1.54, 1.807) is 6.07 Å². The maximum absolute atomic E-state index is 10.6. The van der Waals surface area contributed by atoms with E-state index in [1.165, 1.54) is 12.1 Å². The number of ether oxygens (including phenoxy) is 2. The molecule has 1 aliphatic rings. The third-order valence-electron chi connectivity index (χ3n) is 2.67. The molecule has 0 bridgehead atoms. The van der Waals surface area contributed by atoms with Crippen molar-refractivity contribution in [2.45, 2.75) is 18.6 Å². The summed E-state index contributed by atoms with van der Waals surface area (Å²) in [5.41, 5.74) is 0.272. The van der Waals surface area contributed by atoms with Crippen molar-refractivity contribution in [3.63, 3.8) is 0 Å². The van der Waals surface area contributed by atoms with Crippen LogP contribution in [0, 0.1) is 0 Å². The topological polar surface area (TPSA) is 96.2 Å². The number of aliphatic hydroxyl groups is 2. The average Bonchev–Trinajstić information content (AvgIpc) is 2.60. The smallest absolute Gasteiger partial charge is 0.335 e. The van der Waals surface area contributed by atoms with Gasteiger partial charge in [-0.25, -0.2) is 4.79 Å². The molecule has 3 N–H and O–H groups in total. The Bertz CT molecular complexity index is 444. The number of aliphatic hydroxyl groups excluding tert-OH is 2. The number of fused-ring (bicyclic) bond motifs is 1. The highest BCUT2D eigenvalue weighted by Gasteiger charge is 2.26. The zero-order valence-corrected chi connectivity index (χ0v) is 9.57. The van der Waals surface area contributed by atoms with Crippen molar-refractivity contribution in [1.82, 2.24) is 0 Å². The monoisotopic (exact) mass is 254 g/mol. The molecule has 0 aliphatic carbocycles. The van der Waals surface area contributed by atoms with Crippen LogP contribution in [0.3, 0.4) is 0 Å². The molecule has 1 aromatic rings. The Kier molecular flexibility index (Phi) is 3.69. The van der Waals surface area contributed by atoms with Crippen LogP contribution in [0.4, 0.5) is 0 Å². The summed E-state index contributed by atoms with van der Waals surface area (Å²) in [6, 6.07) is 4.58. The molecule has 6 heteroatoms. The largest absolute Gasteiger partial charge is 0.490 e. The molecule has 1 aliphatic heterocycles. The van der Waals surface area contributed by atoms with Gasteiger partial charge in [0.05, 0.1) is 13.2 Å². The van der Waals surface area contributed by atoms with Crippen molar-refractivity contribution >= 4 is 5.97 Å². The van der Waals surface area contributed by atoms with Crippen LogP contribution in [0.25, 0.3) is 0 Å².